The highest BCUT2D eigenvalue weighted by molar-refractivity contribution is 7.89. The number of nitrogens with zero attached hydrogens (tertiary/aromatic N) is 1. The second-order valence-electron chi connectivity index (χ2n) is 7.14. The van der Waals surface area contributed by atoms with Crippen molar-refractivity contribution in [3.8, 4) is 0 Å². The lowest BCUT2D eigenvalue weighted by atomic mass is 10.0. The average Bonchev–Trinajstić information content (AvgIpc) is 2.68. The fourth-order valence-electron chi connectivity index (χ4n) is 3.31. The van der Waals surface area contributed by atoms with Crippen LogP contribution in [0.2, 0.25) is 0 Å². The molecule has 1 aliphatic heterocycles. The van der Waals surface area contributed by atoms with E-state index in [4.69, 9.17) is 0 Å². The van der Waals surface area contributed by atoms with E-state index in [0.717, 1.165) is 24.9 Å². The Morgan fingerprint density at radius 3 is 2.41 bits per heavy atom. The van der Waals surface area contributed by atoms with Crippen molar-refractivity contribution in [3.05, 3.63) is 60.2 Å². The number of carbonyl (C=O) groups excluding carboxylic acids is 1. The lowest BCUT2D eigenvalue weighted by Gasteiger charge is -2.26. The van der Waals surface area contributed by atoms with E-state index in [1.807, 2.05) is 37.3 Å². The Bertz CT molecular complexity index is 864. The summed E-state index contributed by atoms with van der Waals surface area (Å²) in [5.74, 6) is 0.289. The summed E-state index contributed by atoms with van der Waals surface area (Å²) in [4.78, 5) is 14.0. The number of carbonyl (C=O) groups is 1. The van der Waals surface area contributed by atoms with Crippen molar-refractivity contribution in [2.75, 3.05) is 18.0 Å². The van der Waals surface area contributed by atoms with Gasteiger partial charge in [0, 0.05) is 25.2 Å². The second kappa shape index (κ2) is 8.67. The third-order valence-electron chi connectivity index (χ3n) is 4.83. The zero-order valence-electron chi connectivity index (χ0n) is 15.6. The molecule has 0 aliphatic carbocycles. The van der Waals surface area contributed by atoms with Crippen molar-refractivity contribution in [2.45, 2.75) is 37.5 Å². The van der Waals surface area contributed by atoms with E-state index in [9.17, 15) is 13.2 Å². The van der Waals surface area contributed by atoms with E-state index >= 15 is 0 Å². The molecule has 0 radical (unpaired) electrons. The van der Waals surface area contributed by atoms with E-state index in [1.54, 1.807) is 29.2 Å². The van der Waals surface area contributed by atoms with E-state index in [0.29, 0.717) is 19.5 Å². The van der Waals surface area contributed by atoms with Crippen LogP contribution in [0.4, 0.5) is 5.69 Å². The van der Waals surface area contributed by atoms with Crippen molar-refractivity contribution in [1.29, 1.82) is 0 Å². The minimum absolute atomic E-state index is 0.102. The van der Waals surface area contributed by atoms with Gasteiger partial charge in [0.25, 0.3) is 0 Å². The number of hydrogen-bond acceptors (Lipinski definition) is 3. The normalized spacial score (nSPS) is 16.3. The predicted molar refractivity (Wildman–Crippen MR) is 107 cm³/mol. The highest BCUT2D eigenvalue weighted by Gasteiger charge is 2.21. The molecule has 3 rings (SSSR count). The number of piperidine rings is 1. The van der Waals surface area contributed by atoms with Gasteiger partial charge in [-0.1, -0.05) is 37.3 Å². The number of anilines is 1. The molecule has 0 aromatic heterocycles. The van der Waals surface area contributed by atoms with E-state index < -0.39 is 10.0 Å². The van der Waals surface area contributed by atoms with E-state index in [-0.39, 0.29) is 16.7 Å². The fraction of sp³-hybridized carbons (Fsp3) is 0.381. The summed E-state index contributed by atoms with van der Waals surface area (Å²) in [6.07, 6.45) is 3.28. The Morgan fingerprint density at radius 1 is 1.04 bits per heavy atom. The topological polar surface area (TPSA) is 66.5 Å². The molecule has 2 aromatic rings. The molecule has 1 heterocycles. The predicted octanol–water partition coefficient (Wildman–Crippen LogP) is 3.36. The smallest absolute Gasteiger partial charge is 0.240 e. The van der Waals surface area contributed by atoms with Gasteiger partial charge >= 0.3 is 0 Å². The Morgan fingerprint density at radius 2 is 1.74 bits per heavy atom. The van der Waals surface area contributed by atoms with Crippen LogP contribution in [0.25, 0.3) is 0 Å². The van der Waals surface area contributed by atoms with Crippen LogP contribution in [0, 0.1) is 5.92 Å². The molecule has 144 valence electrons. The molecular weight excluding hydrogens is 360 g/mol. The Kier molecular flexibility index (Phi) is 6.29. The van der Waals surface area contributed by atoms with Crippen molar-refractivity contribution in [3.63, 3.8) is 0 Å². The molecule has 5 nitrogen and oxygen atoms in total. The van der Waals surface area contributed by atoms with Crippen LogP contribution in [0.1, 0.15) is 31.7 Å². The summed E-state index contributed by atoms with van der Waals surface area (Å²) in [5.41, 5.74) is 1.95. The number of amides is 1. The van der Waals surface area contributed by atoms with E-state index in [1.165, 1.54) is 5.56 Å². The fourth-order valence-corrected chi connectivity index (χ4v) is 4.47. The van der Waals surface area contributed by atoms with Gasteiger partial charge in [-0.15, -0.1) is 0 Å². The summed E-state index contributed by atoms with van der Waals surface area (Å²) >= 11 is 0. The number of rotatable bonds is 7. The maximum absolute atomic E-state index is 12.5. The number of nitrogens with one attached hydrogen (secondary N) is 1. The molecule has 1 amide bonds. The summed E-state index contributed by atoms with van der Waals surface area (Å²) in [6.45, 7) is 3.10. The highest BCUT2D eigenvalue weighted by atomic mass is 32.2. The first-order valence-electron chi connectivity index (χ1n) is 9.40. The molecule has 6 heteroatoms. The molecule has 27 heavy (non-hydrogen) atoms. The Balaban J connectivity index is 1.60. The zero-order valence-corrected chi connectivity index (χ0v) is 16.4. The summed E-state index contributed by atoms with van der Waals surface area (Å²) in [6, 6.07) is 16.6. The monoisotopic (exact) mass is 386 g/mol. The largest absolute Gasteiger partial charge is 0.312 e. The van der Waals surface area contributed by atoms with Gasteiger partial charge in [0.2, 0.25) is 15.9 Å². The first kappa shape index (κ1) is 19.6. The minimum Gasteiger partial charge on any atom is -0.312 e. The molecule has 1 fully saturated rings. The van der Waals surface area contributed by atoms with Crippen molar-refractivity contribution in [1.82, 2.24) is 4.72 Å². The molecule has 0 saturated carbocycles. The van der Waals surface area contributed by atoms with Crippen molar-refractivity contribution < 1.29 is 13.2 Å². The third kappa shape index (κ3) is 5.17. The number of hydrogen-bond donors (Lipinski definition) is 1. The van der Waals surface area contributed by atoms with Crippen molar-refractivity contribution >= 4 is 21.6 Å². The standard InChI is InChI=1S/C21H26N2O3S/c1-17(15-18-7-3-2-4-8-18)16-22-27(25,26)20-12-10-19(11-13-20)23-14-6-5-9-21(23)24/h2-4,7-8,10-13,17,22H,5-6,9,14-16H2,1H3. The number of sulfonamides is 1. The SMILES string of the molecule is CC(CNS(=O)(=O)c1ccc(N2CCCCC2=O)cc1)Cc1ccccc1. The lowest BCUT2D eigenvalue weighted by Crippen LogP contribution is -2.35. The van der Waals surface area contributed by atoms with Gasteiger partial charge in [0.1, 0.15) is 0 Å². The summed E-state index contributed by atoms with van der Waals surface area (Å²) < 4.78 is 27.8. The molecule has 1 N–H and O–H groups in total. The van der Waals surface area contributed by atoms with Crippen LogP contribution in [0.3, 0.4) is 0 Å². The molecule has 0 spiro atoms. The van der Waals surface area contributed by atoms with Crippen LogP contribution in [-0.4, -0.2) is 27.4 Å². The molecule has 1 aliphatic rings. The molecule has 1 saturated heterocycles. The Hall–Kier alpha value is -2.18. The van der Waals surface area contributed by atoms with Crippen LogP contribution < -0.4 is 9.62 Å². The van der Waals surface area contributed by atoms with Crippen LogP contribution in [0.15, 0.2) is 59.5 Å². The third-order valence-corrected chi connectivity index (χ3v) is 6.27. The Labute approximate surface area is 161 Å². The summed E-state index contributed by atoms with van der Waals surface area (Å²) in [5, 5.41) is 0. The minimum atomic E-state index is -3.56. The maximum Gasteiger partial charge on any atom is 0.240 e. The highest BCUT2D eigenvalue weighted by Crippen LogP contribution is 2.22. The van der Waals surface area contributed by atoms with Gasteiger partial charge in [-0.2, -0.15) is 0 Å². The zero-order chi connectivity index (χ0) is 19.3. The van der Waals surface area contributed by atoms with E-state index in [2.05, 4.69) is 4.72 Å². The first-order chi connectivity index (χ1) is 13.0. The van der Waals surface area contributed by atoms with Gasteiger partial charge in [-0.05, 0) is 55.0 Å². The second-order valence-corrected chi connectivity index (χ2v) is 8.91. The van der Waals surface area contributed by atoms with Crippen LogP contribution >= 0.6 is 0 Å². The van der Waals surface area contributed by atoms with Gasteiger partial charge < -0.3 is 4.90 Å². The molecule has 2 aromatic carbocycles. The average molecular weight is 387 g/mol. The molecular formula is C21H26N2O3S. The van der Waals surface area contributed by atoms with Crippen molar-refractivity contribution in [2.24, 2.45) is 5.92 Å². The van der Waals surface area contributed by atoms with Gasteiger partial charge in [0.05, 0.1) is 4.90 Å². The lowest BCUT2D eigenvalue weighted by molar-refractivity contribution is -0.119. The molecule has 1 atom stereocenters. The molecule has 1 unspecified atom stereocenters. The van der Waals surface area contributed by atoms with Gasteiger partial charge in [-0.25, -0.2) is 13.1 Å². The van der Waals surface area contributed by atoms with Gasteiger partial charge in [0.15, 0.2) is 0 Å². The number of benzene rings is 2. The molecule has 0 bridgehead atoms. The quantitative estimate of drug-likeness (QED) is 0.793. The van der Waals surface area contributed by atoms with Crippen LogP contribution in [-0.2, 0) is 21.2 Å². The van der Waals surface area contributed by atoms with Crippen LogP contribution in [0.5, 0.6) is 0 Å². The summed E-state index contributed by atoms with van der Waals surface area (Å²) in [7, 11) is -3.56. The maximum atomic E-state index is 12.5. The van der Waals surface area contributed by atoms with Gasteiger partial charge in [-0.3, -0.25) is 4.79 Å². The first-order valence-corrected chi connectivity index (χ1v) is 10.9.